The number of aromatic nitrogens is 2. The van der Waals surface area contributed by atoms with Crippen LogP contribution in [0.5, 0.6) is 0 Å². The number of nitrogens with one attached hydrogen (secondary N) is 2. The van der Waals surface area contributed by atoms with Gasteiger partial charge in [-0.2, -0.15) is 5.10 Å². The van der Waals surface area contributed by atoms with E-state index in [1.807, 2.05) is 0 Å². The maximum atomic E-state index is 12.7. The molecule has 30 heavy (non-hydrogen) atoms. The Morgan fingerprint density at radius 2 is 1.93 bits per heavy atom. The number of benzene rings is 1. The maximum Gasteiger partial charge on any atom is 0.314 e. The first kappa shape index (κ1) is 20.9. The third-order valence-electron chi connectivity index (χ3n) is 5.71. The van der Waals surface area contributed by atoms with Gasteiger partial charge in [0.05, 0.1) is 22.9 Å². The Kier molecular flexibility index (Phi) is 5.59. The fraction of sp³-hybridized carbons (Fsp3) is 0.450. The number of carbonyl (C=O) groups excluding carboxylic acids is 2. The van der Waals surface area contributed by atoms with Crippen molar-refractivity contribution >= 4 is 39.1 Å². The first-order valence-electron chi connectivity index (χ1n) is 9.92. The molecule has 1 aromatic heterocycles. The third-order valence-corrected chi connectivity index (χ3v) is 7.38. The number of rotatable bonds is 3. The molecule has 0 spiro atoms. The van der Waals surface area contributed by atoms with E-state index in [9.17, 15) is 18.0 Å². The summed E-state index contributed by atoms with van der Waals surface area (Å²) in [5.74, 6) is -1.53. The van der Waals surface area contributed by atoms with E-state index in [4.69, 9.17) is 11.6 Å². The Labute approximate surface area is 179 Å². The number of hydrogen-bond donors (Lipinski definition) is 2. The van der Waals surface area contributed by atoms with Crippen molar-refractivity contribution in [2.45, 2.75) is 50.2 Å². The van der Waals surface area contributed by atoms with E-state index < -0.39 is 21.7 Å². The zero-order chi connectivity index (χ0) is 21.5. The summed E-state index contributed by atoms with van der Waals surface area (Å²) < 4.78 is 25.5. The van der Waals surface area contributed by atoms with Crippen LogP contribution in [0.1, 0.15) is 43.9 Å². The summed E-state index contributed by atoms with van der Waals surface area (Å²) >= 11 is 6.08. The highest BCUT2D eigenvalue weighted by atomic mass is 35.5. The molecule has 10 heteroatoms. The lowest BCUT2D eigenvalue weighted by molar-refractivity contribution is -0.137. The van der Waals surface area contributed by atoms with Gasteiger partial charge < -0.3 is 10.6 Å². The van der Waals surface area contributed by atoms with E-state index in [1.54, 1.807) is 24.3 Å². The Balaban J connectivity index is 1.61. The molecule has 2 aromatic rings. The van der Waals surface area contributed by atoms with Crippen molar-refractivity contribution in [3.63, 3.8) is 0 Å². The molecule has 2 amide bonds. The zero-order valence-corrected chi connectivity index (χ0v) is 18.1. The minimum Gasteiger partial charge on any atom is -0.345 e. The van der Waals surface area contributed by atoms with Crippen LogP contribution in [0, 0.1) is 5.92 Å². The van der Waals surface area contributed by atoms with Gasteiger partial charge in [-0.15, -0.1) is 0 Å². The highest BCUT2D eigenvalue weighted by molar-refractivity contribution is 7.90. The number of sulfone groups is 1. The van der Waals surface area contributed by atoms with Gasteiger partial charge in [0.1, 0.15) is 5.82 Å². The van der Waals surface area contributed by atoms with Crippen molar-refractivity contribution < 1.29 is 18.0 Å². The largest absolute Gasteiger partial charge is 0.345 e. The number of halogens is 1. The van der Waals surface area contributed by atoms with Crippen LogP contribution >= 0.6 is 11.6 Å². The van der Waals surface area contributed by atoms with Crippen LogP contribution in [0.2, 0.25) is 5.02 Å². The second-order valence-electron chi connectivity index (χ2n) is 7.99. The number of carbonyl (C=O) groups is 2. The van der Waals surface area contributed by atoms with E-state index in [1.165, 1.54) is 4.68 Å². The number of fused-ring (bicyclic) bond motifs is 1. The Morgan fingerprint density at radius 1 is 1.17 bits per heavy atom. The summed E-state index contributed by atoms with van der Waals surface area (Å²) in [7, 11) is -3.33. The minimum absolute atomic E-state index is 0.0408. The molecule has 0 bridgehead atoms. The fourth-order valence-corrected chi connectivity index (χ4v) is 5.77. The Morgan fingerprint density at radius 3 is 2.67 bits per heavy atom. The molecule has 2 atom stereocenters. The maximum absolute atomic E-state index is 12.7. The number of anilines is 1. The van der Waals surface area contributed by atoms with Gasteiger partial charge in [0.25, 0.3) is 0 Å². The van der Waals surface area contributed by atoms with Crippen LogP contribution in [0.15, 0.2) is 24.3 Å². The molecule has 1 aliphatic heterocycles. The third kappa shape index (κ3) is 4.22. The van der Waals surface area contributed by atoms with Crippen LogP contribution in [0.25, 0.3) is 5.69 Å². The van der Waals surface area contributed by atoms with Gasteiger partial charge in [-0.05, 0) is 37.0 Å². The minimum atomic E-state index is -3.33. The number of hydrogen-bond acceptors (Lipinski definition) is 5. The quantitative estimate of drug-likeness (QED) is 0.698. The predicted octanol–water partition coefficient (Wildman–Crippen LogP) is 2.59. The van der Waals surface area contributed by atoms with Gasteiger partial charge in [0.15, 0.2) is 9.84 Å². The molecule has 2 heterocycles. The topological polar surface area (TPSA) is 110 Å². The zero-order valence-electron chi connectivity index (χ0n) is 16.5. The molecule has 1 fully saturated rings. The Hall–Kier alpha value is -2.39. The molecule has 160 valence electrons. The molecule has 1 aliphatic carbocycles. The van der Waals surface area contributed by atoms with E-state index in [2.05, 4.69) is 22.7 Å². The summed E-state index contributed by atoms with van der Waals surface area (Å²) in [5, 5.41) is 10.2. The summed E-state index contributed by atoms with van der Waals surface area (Å²) in [5.41, 5.74) is 1.33. The fourth-order valence-electron chi connectivity index (χ4n) is 4.09. The highest BCUT2D eigenvalue weighted by Crippen LogP contribution is 2.33. The summed E-state index contributed by atoms with van der Waals surface area (Å²) in [6.45, 7) is 2.06. The molecular weight excluding hydrogens is 428 g/mol. The van der Waals surface area contributed by atoms with Crippen molar-refractivity contribution in [3.8, 4) is 5.69 Å². The lowest BCUT2D eigenvalue weighted by Gasteiger charge is -2.29. The van der Waals surface area contributed by atoms with Crippen LogP contribution in [-0.4, -0.2) is 36.1 Å². The van der Waals surface area contributed by atoms with E-state index in [-0.39, 0.29) is 23.4 Å². The van der Waals surface area contributed by atoms with Crippen molar-refractivity contribution in [2.75, 3.05) is 5.32 Å². The molecule has 4 rings (SSSR count). The van der Waals surface area contributed by atoms with Crippen molar-refractivity contribution in [1.82, 2.24) is 15.1 Å². The van der Waals surface area contributed by atoms with Gasteiger partial charge in [-0.1, -0.05) is 37.4 Å². The predicted molar refractivity (Wildman–Crippen MR) is 113 cm³/mol. The van der Waals surface area contributed by atoms with Crippen LogP contribution in [0.3, 0.4) is 0 Å². The van der Waals surface area contributed by atoms with E-state index in [0.29, 0.717) is 27.9 Å². The van der Waals surface area contributed by atoms with Gasteiger partial charge in [0, 0.05) is 16.6 Å². The normalized spacial score (nSPS) is 22.3. The van der Waals surface area contributed by atoms with Gasteiger partial charge >= 0.3 is 11.8 Å². The van der Waals surface area contributed by atoms with Gasteiger partial charge in [-0.25, -0.2) is 13.1 Å². The lowest BCUT2D eigenvalue weighted by atomic mass is 9.86. The first-order valence-corrected chi connectivity index (χ1v) is 12.1. The van der Waals surface area contributed by atoms with Gasteiger partial charge in [-0.3, -0.25) is 9.59 Å². The van der Waals surface area contributed by atoms with Crippen LogP contribution in [0.4, 0.5) is 5.82 Å². The highest BCUT2D eigenvalue weighted by Gasteiger charge is 2.34. The molecule has 0 saturated heterocycles. The average molecular weight is 451 g/mol. The van der Waals surface area contributed by atoms with Crippen molar-refractivity contribution in [2.24, 2.45) is 5.92 Å². The standard InChI is InChI=1S/C20H23ClN4O4S/c1-12-5-2-3-8-16(12)22-19(26)20(27)23-18-15-10-30(28,29)11-17(15)24-25(18)14-7-4-6-13(21)9-14/h4,6-7,9,12,16H,2-3,5,8,10-11H2,1H3,(H,22,26)(H,23,27). The Bertz CT molecular complexity index is 1110. The van der Waals surface area contributed by atoms with Crippen molar-refractivity contribution in [1.29, 1.82) is 0 Å². The average Bonchev–Trinajstić information content (AvgIpc) is 3.16. The van der Waals surface area contributed by atoms with Crippen LogP contribution in [-0.2, 0) is 30.9 Å². The second-order valence-corrected chi connectivity index (χ2v) is 10.5. The molecular formula is C20H23ClN4O4S. The van der Waals surface area contributed by atoms with Crippen LogP contribution < -0.4 is 10.6 Å². The smallest absolute Gasteiger partial charge is 0.314 e. The molecule has 1 aromatic carbocycles. The second kappa shape index (κ2) is 8.03. The molecule has 1 saturated carbocycles. The monoisotopic (exact) mass is 450 g/mol. The van der Waals surface area contributed by atoms with Gasteiger partial charge in [0.2, 0.25) is 0 Å². The first-order chi connectivity index (χ1) is 14.2. The van der Waals surface area contributed by atoms with Crippen molar-refractivity contribution in [3.05, 3.63) is 40.5 Å². The molecule has 8 nitrogen and oxygen atoms in total. The van der Waals surface area contributed by atoms with E-state index >= 15 is 0 Å². The lowest BCUT2D eigenvalue weighted by Crippen LogP contribution is -2.46. The SMILES string of the molecule is CC1CCCCC1NC(=O)C(=O)Nc1c2c(nn1-c1cccc(Cl)c1)CS(=O)(=O)C2. The molecule has 2 N–H and O–H groups in total. The molecule has 0 radical (unpaired) electrons. The molecule has 2 aliphatic rings. The number of amides is 2. The summed E-state index contributed by atoms with van der Waals surface area (Å²) in [4.78, 5) is 25.2. The van der Waals surface area contributed by atoms with E-state index in [0.717, 1.165) is 25.7 Å². The summed E-state index contributed by atoms with van der Waals surface area (Å²) in [6.07, 6.45) is 4.00. The summed E-state index contributed by atoms with van der Waals surface area (Å²) in [6, 6.07) is 6.77. The number of nitrogens with zero attached hydrogens (tertiary/aromatic N) is 2. The molecule has 2 unspecified atom stereocenters.